The Bertz CT molecular complexity index is 1010. The summed E-state index contributed by atoms with van der Waals surface area (Å²) in [6, 6.07) is 7.16. The van der Waals surface area contributed by atoms with Crippen LogP contribution in [-0.2, 0) is 4.79 Å². The zero-order chi connectivity index (χ0) is 24.0. The van der Waals surface area contributed by atoms with Crippen LogP contribution in [0.4, 0.5) is 0 Å². The predicted molar refractivity (Wildman–Crippen MR) is 119 cm³/mol. The van der Waals surface area contributed by atoms with Crippen molar-refractivity contribution in [1.82, 2.24) is 0 Å². The second-order valence-corrected chi connectivity index (χ2v) is 11.4. The number of fused-ring (bicyclic) bond motifs is 5. The summed E-state index contributed by atoms with van der Waals surface area (Å²) in [5.41, 5.74) is -0.538. The summed E-state index contributed by atoms with van der Waals surface area (Å²) in [4.78, 5) is 13.5. The van der Waals surface area contributed by atoms with E-state index in [-0.39, 0.29) is 35.1 Å². The zero-order valence-electron chi connectivity index (χ0n) is 19.5. The van der Waals surface area contributed by atoms with Gasteiger partial charge in [0, 0.05) is 12.3 Å². The molecule has 0 aromatic carbocycles. The molecule has 6 heteroatoms. The molecule has 172 valence electrons. The maximum Gasteiger partial charge on any atom is 0.179 e. The molecule has 3 fully saturated rings. The summed E-state index contributed by atoms with van der Waals surface area (Å²) in [6.07, 6.45) is 9.12. The number of ketones is 1. The van der Waals surface area contributed by atoms with Crippen molar-refractivity contribution in [3.63, 3.8) is 0 Å². The third-order valence-electron chi connectivity index (χ3n) is 10.1. The fourth-order valence-corrected chi connectivity index (χ4v) is 8.15. The highest BCUT2D eigenvalue weighted by atomic mass is 16.3. The van der Waals surface area contributed by atoms with Crippen LogP contribution in [0.1, 0.15) is 71.6 Å². The van der Waals surface area contributed by atoms with Gasteiger partial charge in [0.2, 0.25) is 0 Å². The van der Waals surface area contributed by atoms with Crippen molar-refractivity contribution >= 4 is 5.78 Å². The van der Waals surface area contributed by atoms with Gasteiger partial charge in [0.15, 0.2) is 11.3 Å². The lowest BCUT2D eigenvalue weighted by molar-refractivity contribution is -0.131. The quantitative estimate of drug-likeness (QED) is 0.631. The van der Waals surface area contributed by atoms with Crippen LogP contribution < -0.4 is 0 Å². The Balaban J connectivity index is 1.58. The lowest BCUT2D eigenvalue weighted by Gasteiger charge is -2.58. The van der Waals surface area contributed by atoms with Gasteiger partial charge in [-0.05, 0) is 80.0 Å². The Kier molecular flexibility index (Phi) is 5.89. The largest absolute Gasteiger partial charge is 0.393 e. The molecule has 0 bridgehead atoms. The molecule has 0 aromatic rings. The number of allylic oxidation sites excluding steroid dienone is 1. The van der Waals surface area contributed by atoms with E-state index in [1.54, 1.807) is 12.1 Å². The van der Waals surface area contributed by atoms with Gasteiger partial charge in [-0.3, -0.25) is 4.79 Å². The summed E-state index contributed by atoms with van der Waals surface area (Å²) >= 11 is 0. The predicted octanol–water partition coefficient (Wildman–Crippen LogP) is 4.58. The molecule has 4 rings (SSSR count). The smallest absolute Gasteiger partial charge is 0.179 e. The fourth-order valence-electron chi connectivity index (χ4n) is 8.15. The third kappa shape index (κ3) is 3.39. The molecule has 33 heavy (non-hydrogen) atoms. The van der Waals surface area contributed by atoms with E-state index in [0.29, 0.717) is 17.8 Å². The van der Waals surface area contributed by atoms with Crippen molar-refractivity contribution in [2.75, 3.05) is 0 Å². The van der Waals surface area contributed by atoms with Gasteiger partial charge in [0.1, 0.15) is 5.78 Å². The van der Waals surface area contributed by atoms with E-state index in [2.05, 4.69) is 19.9 Å². The molecular weight excluding hydrogens is 412 g/mol. The monoisotopic (exact) mass is 444 g/mol. The molecule has 0 radical (unpaired) electrons. The topological polar surface area (TPSA) is 132 Å². The molecule has 0 spiro atoms. The molecule has 3 saturated carbocycles. The van der Waals surface area contributed by atoms with Crippen molar-refractivity contribution in [3.05, 3.63) is 11.6 Å². The normalized spacial score (nSPS) is 39.5. The van der Waals surface area contributed by atoms with E-state index in [4.69, 9.17) is 0 Å². The van der Waals surface area contributed by atoms with Crippen molar-refractivity contribution in [3.8, 4) is 24.3 Å². The molecule has 0 unspecified atom stereocenters. The molecule has 4 aliphatic rings. The Morgan fingerprint density at radius 1 is 1.09 bits per heavy atom. The first kappa shape index (κ1) is 23.5. The molecule has 0 aliphatic heterocycles. The third-order valence-corrected chi connectivity index (χ3v) is 10.1. The zero-order valence-corrected chi connectivity index (χ0v) is 19.5. The molecule has 6 nitrogen and oxygen atoms in total. The number of nitrogens with zero attached hydrogens (tertiary/aromatic N) is 4. The van der Waals surface area contributed by atoms with E-state index in [1.807, 2.05) is 12.1 Å². The first-order valence-corrected chi connectivity index (χ1v) is 12.2. The van der Waals surface area contributed by atoms with Crippen LogP contribution in [0.3, 0.4) is 0 Å². The average molecular weight is 445 g/mol. The van der Waals surface area contributed by atoms with E-state index < -0.39 is 11.3 Å². The Labute approximate surface area is 196 Å². The highest BCUT2D eigenvalue weighted by Crippen LogP contribution is 2.66. The van der Waals surface area contributed by atoms with E-state index >= 15 is 0 Å². The highest BCUT2D eigenvalue weighted by Gasteiger charge is 2.60. The molecule has 0 saturated heterocycles. The molecule has 0 aromatic heterocycles. The second-order valence-electron chi connectivity index (χ2n) is 11.4. The van der Waals surface area contributed by atoms with Gasteiger partial charge in [-0.1, -0.05) is 25.5 Å². The molecular formula is C27H32N4O2. The van der Waals surface area contributed by atoms with E-state index in [0.717, 1.165) is 51.4 Å². The molecule has 4 aliphatic carbocycles. The minimum atomic E-state index is -1.91. The van der Waals surface area contributed by atoms with Gasteiger partial charge < -0.3 is 5.11 Å². The Morgan fingerprint density at radius 2 is 1.79 bits per heavy atom. The summed E-state index contributed by atoms with van der Waals surface area (Å²) in [5.74, 6) is -0.345. The minimum Gasteiger partial charge on any atom is -0.393 e. The number of carbonyl (C=O) groups is 1. The number of aliphatic hydroxyl groups excluding tert-OH is 1. The van der Waals surface area contributed by atoms with Crippen LogP contribution in [0.25, 0.3) is 0 Å². The first-order valence-electron chi connectivity index (χ1n) is 12.2. The van der Waals surface area contributed by atoms with Crippen LogP contribution in [0.15, 0.2) is 11.6 Å². The van der Waals surface area contributed by atoms with Gasteiger partial charge in [0.25, 0.3) is 0 Å². The minimum absolute atomic E-state index is 0.134. The summed E-state index contributed by atoms with van der Waals surface area (Å²) in [7, 11) is 0. The Morgan fingerprint density at radius 3 is 2.42 bits per heavy atom. The number of nitriles is 4. The lowest BCUT2D eigenvalue weighted by Crippen LogP contribution is -2.51. The maximum absolute atomic E-state index is 13.5. The molecule has 0 amide bonds. The van der Waals surface area contributed by atoms with Crippen LogP contribution in [-0.4, -0.2) is 17.0 Å². The van der Waals surface area contributed by atoms with Crippen molar-refractivity contribution in [2.45, 2.75) is 77.7 Å². The van der Waals surface area contributed by atoms with Gasteiger partial charge in [-0.15, -0.1) is 0 Å². The summed E-state index contributed by atoms with van der Waals surface area (Å²) in [5, 5.41) is 48.1. The number of hydrogen-bond donors (Lipinski definition) is 1. The molecule has 0 heterocycles. The standard InChI is InChI=1S/C27H32N4O2/c1-25-9-7-19(32)11-17(25)3-4-20-21-5-6-23(26(21,2)10-8-22(20)25)24(33)12-27(15-30,16-31)18(13-28)14-29/h3,18-23,32H,4-12H2,1-2H3/t19-,20-,21-,22-,23-,25+,26+/m1/s1. The lowest BCUT2D eigenvalue weighted by atomic mass is 9.47. The van der Waals surface area contributed by atoms with Crippen LogP contribution in [0.5, 0.6) is 0 Å². The van der Waals surface area contributed by atoms with Crippen LogP contribution in [0.2, 0.25) is 0 Å². The summed E-state index contributed by atoms with van der Waals surface area (Å²) < 4.78 is 0. The van der Waals surface area contributed by atoms with Crippen molar-refractivity contribution in [2.24, 2.45) is 45.8 Å². The molecule has 7 atom stereocenters. The van der Waals surface area contributed by atoms with Gasteiger partial charge in [-0.2, -0.15) is 21.0 Å². The fraction of sp³-hybridized carbons (Fsp3) is 0.741. The Hall–Kier alpha value is -2.67. The number of rotatable bonds is 4. The van der Waals surface area contributed by atoms with E-state index in [1.165, 1.54) is 5.57 Å². The number of Topliss-reactive ketones (excluding diaryl/α,β-unsaturated/α-hetero) is 1. The van der Waals surface area contributed by atoms with Gasteiger partial charge in [-0.25, -0.2) is 0 Å². The van der Waals surface area contributed by atoms with Crippen LogP contribution in [0, 0.1) is 91.2 Å². The highest BCUT2D eigenvalue weighted by molar-refractivity contribution is 5.84. The maximum atomic E-state index is 13.5. The first-order chi connectivity index (χ1) is 15.7. The molecule has 1 N–H and O–H groups in total. The van der Waals surface area contributed by atoms with E-state index in [9.17, 15) is 30.9 Å². The number of hydrogen-bond acceptors (Lipinski definition) is 6. The van der Waals surface area contributed by atoms with Gasteiger partial charge >= 0.3 is 0 Å². The number of aliphatic hydroxyl groups is 1. The average Bonchev–Trinajstić information content (AvgIpc) is 3.16. The van der Waals surface area contributed by atoms with Crippen molar-refractivity contribution < 1.29 is 9.90 Å². The SMILES string of the molecule is C[C@]12CC[C@@H]3[C@H](CC=C4C[C@H](O)CC[C@@]43C)[C@H]1CC[C@@H]2C(=O)CC(C#N)(C#N)C(C#N)C#N. The summed E-state index contributed by atoms with van der Waals surface area (Å²) in [6.45, 7) is 4.59. The van der Waals surface area contributed by atoms with Crippen molar-refractivity contribution in [1.29, 1.82) is 21.0 Å². The van der Waals surface area contributed by atoms with Crippen LogP contribution >= 0.6 is 0 Å². The van der Waals surface area contributed by atoms with Gasteiger partial charge in [0.05, 0.1) is 30.4 Å². The second kappa shape index (κ2) is 8.28. The number of carbonyl (C=O) groups excluding carboxylic acids is 1.